The summed E-state index contributed by atoms with van der Waals surface area (Å²) in [5.74, 6) is 0. The van der Waals surface area contributed by atoms with E-state index in [-0.39, 0.29) is 0 Å². The van der Waals surface area contributed by atoms with Gasteiger partial charge in [0.1, 0.15) is 0 Å². The van der Waals surface area contributed by atoms with E-state index in [4.69, 9.17) is 34.0 Å². The number of nitrogens with two attached hydrogens (primary N) is 1. The molecule has 0 saturated carbocycles. The molecule has 6 heavy (non-hydrogen) atoms. The maximum atomic E-state index is 8.01. The van der Waals surface area contributed by atoms with E-state index >= 15 is 0 Å². The molecule has 0 heterocycles. The van der Waals surface area contributed by atoms with Crippen molar-refractivity contribution in [3.8, 4) is 0 Å². The molecule has 0 unspecified atom stereocenters. The highest BCUT2D eigenvalue weighted by molar-refractivity contribution is 6.47. The largest absolute Gasteiger partial charge is 0.392 e. The van der Waals surface area contributed by atoms with Crippen LogP contribution in [0, 0.1) is 0 Å². The minimum atomic E-state index is -1.46. The lowest BCUT2D eigenvalue weighted by molar-refractivity contribution is 0.281. The van der Waals surface area contributed by atoms with Gasteiger partial charge in [-0.15, -0.1) is 0 Å². The quantitative estimate of drug-likeness (QED) is 0.389. The summed E-state index contributed by atoms with van der Waals surface area (Å²) in [7, 11) is 0. The predicted octanol–water partition coefficient (Wildman–Crippen LogP) is 0.0688. The van der Waals surface area contributed by atoms with Crippen molar-refractivity contribution >= 4 is 23.2 Å². The normalized spacial score (nSPS) is 12.0. The monoisotopic (exact) mass is 129 g/mol. The molecule has 0 saturated heterocycles. The molecular formula is C2H5Cl2NO. The second-order valence-corrected chi connectivity index (χ2v) is 2.46. The van der Waals surface area contributed by atoms with Crippen molar-refractivity contribution in [1.82, 2.24) is 0 Å². The first kappa shape index (κ1) is 6.50. The van der Waals surface area contributed by atoms with Gasteiger partial charge in [-0.25, -0.2) is 0 Å². The van der Waals surface area contributed by atoms with Gasteiger partial charge in [-0.05, 0) is 0 Å². The van der Waals surface area contributed by atoms with E-state index in [1.165, 1.54) is 0 Å². The predicted molar refractivity (Wildman–Crippen MR) is 25.7 cm³/mol. The molecule has 0 amide bonds. The molecule has 0 fully saturated rings. The fraction of sp³-hybridized carbons (Fsp3) is 1.00. The molecule has 38 valence electrons. The summed E-state index contributed by atoms with van der Waals surface area (Å²) < 4.78 is -1.46. The molecule has 0 aromatic carbocycles. The third-order valence-electron chi connectivity index (χ3n) is 0.211. The van der Waals surface area contributed by atoms with Crippen LogP contribution in [-0.4, -0.2) is 16.2 Å². The molecule has 0 bridgehead atoms. The Morgan fingerprint density at radius 2 is 1.83 bits per heavy atom. The van der Waals surface area contributed by atoms with Gasteiger partial charge in [0.2, 0.25) is 0 Å². The fourth-order valence-corrected chi connectivity index (χ4v) is 0. The fourth-order valence-electron chi connectivity index (χ4n) is 0. The van der Waals surface area contributed by atoms with Crippen LogP contribution in [0.2, 0.25) is 0 Å². The Kier molecular flexibility index (Phi) is 2.15. The zero-order valence-electron chi connectivity index (χ0n) is 2.99. The average Bonchev–Trinajstić information content (AvgIpc) is 1.35. The summed E-state index contributed by atoms with van der Waals surface area (Å²) in [6.07, 6.45) is 0. The van der Waals surface area contributed by atoms with Crippen LogP contribution in [0.15, 0.2) is 0 Å². The molecule has 0 rings (SSSR count). The first-order chi connectivity index (χ1) is 2.56. The summed E-state index contributed by atoms with van der Waals surface area (Å²) in [5.41, 5.74) is 4.82. The van der Waals surface area contributed by atoms with Gasteiger partial charge in [-0.2, -0.15) is 0 Å². The van der Waals surface area contributed by atoms with Crippen molar-refractivity contribution in [2.24, 2.45) is 5.73 Å². The van der Waals surface area contributed by atoms with E-state index < -0.39 is 11.1 Å². The van der Waals surface area contributed by atoms with Crippen LogP contribution in [0.3, 0.4) is 0 Å². The number of alkyl halides is 2. The van der Waals surface area contributed by atoms with E-state index in [0.717, 1.165) is 0 Å². The minimum absolute atomic E-state index is 0.421. The number of hydrogen-bond donors (Lipinski definition) is 2. The van der Waals surface area contributed by atoms with Crippen LogP contribution >= 0.6 is 23.2 Å². The van der Waals surface area contributed by atoms with Gasteiger partial charge >= 0.3 is 0 Å². The summed E-state index contributed by atoms with van der Waals surface area (Å²) >= 11 is 10.0. The molecule has 4 heteroatoms. The van der Waals surface area contributed by atoms with E-state index in [1.807, 2.05) is 0 Å². The third kappa shape index (κ3) is 4.50. The zero-order chi connectivity index (χ0) is 5.21. The van der Waals surface area contributed by atoms with Crippen LogP contribution in [0.5, 0.6) is 0 Å². The number of hydrogen-bond acceptors (Lipinski definition) is 2. The van der Waals surface area contributed by atoms with Gasteiger partial charge in [0, 0.05) is 0 Å². The molecule has 0 spiro atoms. The van der Waals surface area contributed by atoms with E-state index in [1.54, 1.807) is 0 Å². The van der Waals surface area contributed by atoms with Gasteiger partial charge in [0.05, 0.1) is 6.61 Å². The van der Waals surface area contributed by atoms with Gasteiger partial charge in [-0.3, -0.25) is 5.73 Å². The molecule has 0 radical (unpaired) electrons. The first-order valence-electron chi connectivity index (χ1n) is 1.34. The second-order valence-electron chi connectivity index (χ2n) is 0.919. The van der Waals surface area contributed by atoms with Crippen molar-refractivity contribution in [3.63, 3.8) is 0 Å². The SMILES string of the molecule is NC(Cl)(Cl)CO. The van der Waals surface area contributed by atoms with Crippen molar-refractivity contribution in [3.05, 3.63) is 0 Å². The molecule has 2 nitrogen and oxygen atoms in total. The van der Waals surface area contributed by atoms with E-state index in [9.17, 15) is 0 Å². The second kappa shape index (κ2) is 1.98. The Morgan fingerprint density at radius 1 is 1.67 bits per heavy atom. The molecule has 0 aliphatic carbocycles. The highest BCUT2D eigenvalue weighted by atomic mass is 35.5. The topological polar surface area (TPSA) is 46.2 Å². The minimum Gasteiger partial charge on any atom is -0.392 e. The molecular weight excluding hydrogens is 125 g/mol. The van der Waals surface area contributed by atoms with E-state index in [0.29, 0.717) is 0 Å². The molecule has 0 aromatic rings. The Bertz CT molecular complexity index is 41.3. The van der Waals surface area contributed by atoms with Crippen LogP contribution in [0.25, 0.3) is 0 Å². The molecule has 0 atom stereocenters. The van der Waals surface area contributed by atoms with Crippen LogP contribution < -0.4 is 5.73 Å². The number of aliphatic hydroxyl groups is 1. The Balaban J connectivity index is 3.17. The van der Waals surface area contributed by atoms with Crippen molar-refractivity contribution in [2.45, 2.75) is 4.46 Å². The Hall–Kier alpha value is 0.500. The van der Waals surface area contributed by atoms with Gasteiger partial charge in [0.15, 0.2) is 4.46 Å². The van der Waals surface area contributed by atoms with Crippen LogP contribution in [0.1, 0.15) is 0 Å². The summed E-state index contributed by atoms with van der Waals surface area (Å²) in [6.45, 7) is -0.421. The number of halogens is 2. The number of rotatable bonds is 1. The highest BCUT2D eigenvalue weighted by Crippen LogP contribution is 2.09. The highest BCUT2D eigenvalue weighted by Gasteiger charge is 2.12. The summed E-state index contributed by atoms with van der Waals surface area (Å²) in [6, 6.07) is 0. The summed E-state index contributed by atoms with van der Waals surface area (Å²) in [5, 5.41) is 8.01. The van der Waals surface area contributed by atoms with Gasteiger partial charge < -0.3 is 5.11 Å². The van der Waals surface area contributed by atoms with Crippen molar-refractivity contribution in [1.29, 1.82) is 0 Å². The third-order valence-corrected chi connectivity index (χ3v) is 0.450. The first-order valence-corrected chi connectivity index (χ1v) is 2.09. The Morgan fingerprint density at radius 3 is 1.83 bits per heavy atom. The molecule has 3 N–H and O–H groups in total. The molecule has 0 aliphatic rings. The van der Waals surface area contributed by atoms with Crippen LogP contribution in [0.4, 0.5) is 0 Å². The van der Waals surface area contributed by atoms with Crippen LogP contribution in [-0.2, 0) is 0 Å². The maximum Gasteiger partial charge on any atom is 0.189 e. The lowest BCUT2D eigenvalue weighted by atomic mass is 10.7. The molecule has 0 aliphatic heterocycles. The van der Waals surface area contributed by atoms with Crippen molar-refractivity contribution in [2.75, 3.05) is 6.61 Å². The standard InChI is InChI=1S/C2H5Cl2NO/c3-2(4,5)1-6/h6H,1,5H2. The van der Waals surface area contributed by atoms with E-state index in [2.05, 4.69) is 0 Å². The average molecular weight is 130 g/mol. The smallest absolute Gasteiger partial charge is 0.189 e. The lowest BCUT2D eigenvalue weighted by Crippen LogP contribution is -2.29. The number of aliphatic hydroxyl groups excluding tert-OH is 1. The lowest BCUT2D eigenvalue weighted by Gasteiger charge is -2.05. The zero-order valence-corrected chi connectivity index (χ0v) is 4.50. The van der Waals surface area contributed by atoms with Gasteiger partial charge in [-0.1, -0.05) is 23.2 Å². The maximum absolute atomic E-state index is 8.01. The Labute approximate surface area is 45.8 Å². The van der Waals surface area contributed by atoms with Crippen molar-refractivity contribution < 1.29 is 5.11 Å². The summed E-state index contributed by atoms with van der Waals surface area (Å²) in [4.78, 5) is 0. The molecule has 0 aromatic heterocycles. The van der Waals surface area contributed by atoms with Gasteiger partial charge in [0.25, 0.3) is 0 Å².